The minimum Gasteiger partial charge on any atom is -0.378 e. The number of aromatic nitrogens is 2. The lowest BCUT2D eigenvalue weighted by molar-refractivity contribution is 0.102. The van der Waals surface area contributed by atoms with Crippen LogP contribution in [0.25, 0.3) is 11.3 Å². The van der Waals surface area contributed by atoms with E-state index in [1.165, 1.54) is 41.7 Å². The molecule has 1 N–H and O–H groups in total. The number of amides is 1. The lowest BCUT2D eigenvalue weighted by atomic mass is 10.1. The molecule has 43 heavy (non-hydrogen) atoms. The van der Waals surface area contributed by atoms with Gasteiger partial charge in [-0.3, -0.25) is 14.7 Å². The van der Waals surface area contributed by atoms with E-state index < -0.39 is 10.1 Å². The number of hydrogen-bond donors (Lipinski definition) is 1. The zero-order valence-corrected chi connectivity index (χ0v) is 25.2. The molecule has 0 aliphatic rings. The normalized spacial score (nSPS) is 11.2. The maximum atomic E-state index is 13.2. The summed E-state index contributed by atoms with van der Waals surface area (Å²) < 4.78 is 30.1. The number of aryl methyl sites for hydroxylation is 1. The molecule has 0 bridgehead atoms. The highest BCUT2D eigenvalue weighted by Gasteiger charge is 2.20. The van der Waals surface area contributed by atoms with E-state index in [4.69, 9.17) is 9.17 Å². The van der Waals surface area contributed by atoms with Crippen LogP contribution in [0, 0.1) is 6.92 Å². The maximum Gasteiger partial charge on any atom is 0.348 e. The zero-order valence-electron chi connectivity index (χ0n) is 22.7. The number of para-hydroxylation sites is 1. The number of rotatable bonds is 9. The minimum absolute atomic E-state index is 0.111. The summed E-state index contributed by atoms with van der Waals surface area (Å²) in [6, 6.07) is 28.6. The molecule has 0 atom stereocenters. The van der Waals surface area contributed by atoms with Gasteiger partial charge < -0.3 is 9.50 Å². The average Bonchev–Trinajstić information content (AvgIpc) is 3.74. The molecule has 8 nitrogen and oxygen atoms in total. The van der Waals surface area contributed by atoms with Crippen molar-refractivity contribution < 1.29 is 17.4 Å². The smallest absolute Gasteiger partial charge is 0.348 e. The van der Waals surface area contributed by atoms with E-state index in [0.29, 0.717) is 11.3 Å². The predicted molar refractivity (Wildman–Crippen MR) is 171 cm³/mol. The number of hydrogen-bond acceptors (Lipinski definition) is 9. The van der Waals surface area contributed by atoms with E-state index in [0.717, 1.165) is 44.7 Å². The fourth-order valence-electron chi connectivity index (χ4n) is 4.31. The first-order valence-electron chi connectivity index (χ1n) is 13.1. The molecule has 11 heteroatoms. The van der Waals surface area contributed by atoms with Crippen LogP contribution in [0.2, 0.25) is 0 Å². The SMILES string of the molecule is Cc1ccc(NC(=O)c2ccc(OS(=O)(=O)c3cccs3)cc2)cc1N(c1ccccc1)c1nc(-c2cccnc2)cs1. The summed E-state index contributed by atoms with van der Waals surface area (Å²) in [7, 11) is -3.92. The highest BCUT2D eigenvalue weighted by Crippen LogP contribution is 2.40. The van der Waals surface area contributed by atoms with Crippen LogP contribution < -0.4 is 14.4 Å². The Labute approximate surface area is 257 Å². The number of nitrogens with zero attached hydrogens (tertiary/aromatic N) is 3. The first-order chi connectivity index (χ1) is 20.9. The average molecular weight is 625 g/mol. The summed E-state index contributed by atoms with van der Waals surface area (Å²) in [6.45, 7) is 2.01. The topological polar surface area (TPSA) is 101 Å². The van der Waals surface area contributed by atoms with Crippen molar-refractivity contribution in [3.05, 3.63) is 131 Å². The van der Waals surface area contributed by atoms with Gasteiger partial charge in [-0.1, -0.05) is 30.3 Å². The van der Waals surface area contributed by atoms with Gasteiger partial charge in [0.15, 0.2) is 9.34 Å². The fraction of sp³-hybridized carbons (Fsp3) is 0.0312. The number of benzene rings is 3. The van der Waals surface area contributed by atoms with Crippen LogP contribution in [0.5, 0.6) is 5.75 Å². The Morgan fingerprint density at radius 2 is 1.72 bits per heavy atom. The van der Waals surface area contributed by atoms with Crippen molar-refractivity contribution >= 4 is 60.9 Å². The monoisotopic (exact) mass is 624 g/mol. The molecule has 0 saturated heterocycles. The molecule has 0 radical (unpaired) electrons. The van der Waals surface area contributed by atoms with Gasteiger partial charge in [0.25, 0.3) is 5.91 Å². The molecule has 3 aromatic carbocycles. The van der Waals surface area contributed by atoms with E-state index in [9.17, 15) is 13.2 Å². The molecule has 6 aromatic rings. The molecule has 1 amide bonds. The second kappa shape index (κ2) is 12.2. The first-order valence-corrected chi connectivity index (χ1v) is 16.3. The van der Waals surface area contributed by atoms with E-state index in [1.807, 2.05) is 73.0 Å². The number of thiophene rings is 1. The minimum atomic E-state index is -3.92. The molecule has 0 spiro atoms. The van der Waals surface area contributed by atoms with Crippen LogP contribution >= 0.6 is 22.7 Å². The number of anilines is 4. The lowest BCUT2D eigenvalue weighted by Gasteiger charge is -2.25. The molecule has 3 aromatic heterocycles. The third kappa shape index (κ3) is 6.33. The molecular formula is C32H24N4O4S3. The van der Waals surface area contributed by atoms with Gasteiger partial charge in [-0.05, 0) is 84.6 Å². The predicted octanol–water partition coefficient (Wildman–Crippen LogP) is 8.06. The maximum absolute atomic E-state index is 13.2. The van der Waals surface area contributed by atoms with Crippen LogP contribution in [-0.4, -0.2) is 24.3 Å². The number of pyridine rings is 1. The quantitative estimate of drug-likeness (QED) is 0.162. The fourth-order valence-corrected chi connectivity index (χ4v) is 7.06. The largest absolute Gasteiger partial charge is 0.378 e. The second-order valence-electron chi connectivity index (χ2n) is 9.38. The summed E-state index contributed by atoms with van der Waals surface area (Å²) in [5.74, 6) is -0.225. The summed E-state index contributed by atoms with van der Waals surface area (Å²) >= 11 is 2.59. The van der Waals surface area contributed by atoms with Gasteiger partial charge >= 0.3 is 10.1 Å². The Morgan fingerprint density at radius 3 is 2.44 bits per heavy atom. The third-order valence-corrected chi connectivity index (χ3v) is 9.86. The van der Waals surface area contributed by atoms with Crippen LogP contribution in [0.4, 0.5) is 22.2 Å². The van der Waals surface area contributed by atoms with Crippen molar-refractivity contribution in [2.24, 2.45) is 0 Å². The molecule has 0 fully saturated rings. The molecule has 0 aliphatic heterocycles. The molecule has 0 aliphatic carbocycles. The van der Waals surface area contributed by atoms with Crippen molar-refractivity contribution in [3.8, 4) is 17.0 Å². The van der Waals surface area contributed by atoms with Gasteiger partial charge in [-0.25, -0.2) is 4.98 Å². The Bertz CT molecular complexity index is 1960. The molecular weight excluding hydrogens is 601 g/mol. The molecule has 6 rings (SSSR count). The summed E-state index contributed by atoms with van der Waals surface area (Å²) in [5, 5.41) is 7.39. The summed E-state index contributed by atoms with van der Waals surface area (Å²) in [5.41, 5.74) is 5.48. The van der Waals surface area contributed by atoms with E-state index in [-0.39, 0.29) is 15.9 Å². The van der Waals surface area contributed by atoms with Crippen LogP contribution in [0.15, 0.2) is 124 Å². The van der Waals surface area contributed by atoms with Gasteiger partial charge in [0.2, 0.25) is 0 Å². The van der Waals surface area contributed by atoms with Crippen molar-refractivity contribution in [3.63, 3.8) is 0 Å². The molecule has 0 saturated carbocycles. The van der Waals surface area contributed by atoms with Crippen LogP contribution in [0.1, 0.15) is 15.9 Å². The Kier molecular flexibility index (Phi) is 8.01. The van der Waals surface area contributed by atoms with Gasteiger partial charge in [0, 0.05) is 40.3 Å². The van der Waals surface area contributed by atoms with Crippen molar-refractivity contribution in [1.82, 2.24) is 9.97 Å². The van der Waals surface area contributed by atoms with Gasteiger partial charge in [0.1, 0.15) is 5.75 Å². The summed E-state index contributed by atoms with van der Waals surface area (Å²) in [6.07, 6.45) is 3.52. The van der Waals surface area contributed by atoms with Gasteiger partial charge in [0.05, 0.1) is 11.4 Å². The third-order valence-electron chi connectivity index (χ3n) is 6.43. The number of nitrogens with one attached hydrogen (secondary N) is 1. The van der Waals surface area contributed by atoms with Crippen LogP contribution in [-0.2, 0) is 10.1 Å². The number of carbonyl (C=O) groups excluding carboxylic acids is 1. The van der Waals surface area contributed by atoms with E-state index in [1.54, 1.807) is 23.8 Å². The van der Waals surface area contributed by atoms with E-state index >= 15 is 0 Å². The van der Waals surface area contributed by atoms with Crippen molar-refractivity contribution in [2.45, 2.75) is 11.1 Å². The standard InChI is InChI=1S/C32H24N4O4S3/c1-22-11-14-25(34-31(37)23-12-15-27(16-13-23)40-43(38,39)30-10-6-18-41-30)19-29(22)36(26-8-3-2-4-9-26)32-35-28(21-42-32)24-7-5-17-33-20-24/h2-21H,1H3,(H,34,37). The van der Waals surface area contributed by atoms with Crippen molar-refractivity contribution in [2.75, 3.05) is 10.2 Å². The summed E-state index contributed by atoms with van der Waals surface area (Å²) in [4.78, 5) is 24.4. The first kappa shape index (κ1) is 28.3. The Balaban J connectivity index is 1.26. The highest BCUT2D eigenvalue weighted by atomic mass is 32.3. The lowest BCUT2D eigenvalue weighted by Crippen LogP contribution is -2.14. The Morgan fingerprint density at radius 1 is 0.907 bits per heavy atom. The molecule has 214 valence electrons. The number of carbonyl (C=O) groups is 1. The molecule has 0 unspecified atom stereocenters. The van der Waals surface area contributed by atoms with Gasteiger partial charge in [-0.2, -0.15) is 8.42 Å². The van der Waals surface area contributed by atoms with Crippen molar-refractivity contribution in [1.29, 1.82) is 0 Å². The highest BCUT2D eigenvalue weighted by molar-refractivity contribution is 7.89. The molecule has 3 heterocycles. The van der Waals surface area contributed by atoms with Gasteiger partial charge in [-0.15, -0.1) is 22.7 Å². The zero-order chi connectivity index (χ0) is 29.8. The van der Waals surface area contributed by atoms with Crippen LogP contribution in [0.3, 0.4) is 0 Å². The van der Waals surface area contributed by atoms with E-state index in [2.05, 4.69) is 15.2 Å². The number of thiazole rings is 1. The Hall–Kier alpha value is -4.84. The second-order valence-corrected chi connectivity index (χ2v) is 12.9.